The first kappa shape index (κ1) is 10.2. The van der Waals surface area contributed by atoms with E-state index in [1.165, 1.54) is 37.7 Å². The van der Waals surface area contributed by atoms with Crippen LogP contribution in [0.3, 0.4) is 0 Å². The first-order valence-electron chi connectivity index (χ1n) is 5.58. The normalized spacial score (nSPS) is 17.6. The fourth-order valence-corrected chi connectivity index (χ4v) is 2.33. The monoisotopic (exact) mass is 203 g/mol. The number of carboxylic acid groups (broad SMARTS) is 1. The number of carboxylic acids is 1. The van der Waals surface area contributed by atoms with Gasteiger partial charge in [-0.3, -0.25) is 0 Å². The Hall–Kier alpha value is -1.31. The molecule has 0 saturated heterocycles. The lowest BCUT2D eigenvalue weighted by Gasteiger charge is -2.22. The van der Waals surface area contributed by atoms with E-state index in [4.69, 9.17) is 0 Å². The number of benzene rings is 1. The van der Waals surface area contributed by atoms with Crippen molar-refractivity contribution in [3.05, 3.63) is 35.4 Å². The summed E-state index contributed by atoms with van der Waals surface area (Å²) in [6.45, 7) is 0. The third-order valence-corrected chi connectivity index (χ3v) is 3.22. The van der Waals surface area contributed by atoms with Gasteiger partial charge in [0.15, 0.2) is 0 Å². The minimum atomic E-state index is -1.09. The van der Waals surface area contributed by atoms with E-state index >= 15 is 0 Å². The van der Waals surface area contributed by atoms with Gasteiger partial charge >= 0.3 is 0 Å². The lowest BCUT2D eigenvalue weighted by Crippen LogP contribution is -2.22. The van der Waals surface area contributed by atoms with E-state index in [0.717, 1.165) is 0 Å². The zero-order valence-corrected chi connectivity index (χ0v) is 8.74. The lowest BCUT2D eigenvalue weighted by molar-refractivity contribution is -0.255. The summed E-state index contributed by atoms with van der Waals surface area (Å²) < 4.78 is 0. The van der Waals surface area contributed by atoms with Crippen molar-refractivity contribution in [1.29, 1.82) is 0 Å². The molecule has 0 bridgehead atoms. The summed E-state index contributed by atoms with van der Waals surface area (Å²) in [6, 6.07) is 7.17. The highest BCUT2D eigenvalue weighted by Crippen LogP contribution is 2.32. The van der Waals surface area contributed by atoms with Gasteiger partial charge in [-0.25, -0.2) is 0 Å². The molecule has 0 spiro atoms. The van der Waals surface area contributed by atoms with Crippen LogP contribution in [0.1, 0.15) is 53.9 Å². The summed E-state index contributed by atoms with van der Waals surface area (Å²) in [6.07, 6.45) is 6.42. The van der Waals surface area contributed by atoms with Crippen molar-refractivity contribution in [2.45, 2.75) is 38.0 Å². The molecular weight excluding hydrogens is 188 g/mol. The van der Waals surface area contributed by atoms with Gasteiger partial charge in [-0.1, -0.05) is 43.5 Å². The predicted molar refractivity (Wildman–Crippen MR) is 56.6 cm³/mol. The largest absolute Gasteiger partial charge is 0.545 e. The predicted octanol–water partition coefficient (Wildman–Crippen LogP) is 2.10. The van der Waals surface area contributed by atoms with Crippen LogP contribution in [0.5, 0.6) is 0 Å². The molecule has 15 heavy (non-hydrogen) atoms. The second-order valence-corrected chi connectivity index (χ2v) is 4.24. The Morgan fingerprint density at radius 2 is 1.67 bits per heavy atom. The summed E-state index contributed by atoms with van der Waals surface area (Å²) in [5, 5.41) is 10.6. The van der Waals surface area contributed by atoms with Crippen LogP contribution in [0.4, 0.5) is 0 Å². The minimum absolute atomic E-state index is 0.273. The maximum atomic E-state index is 10.6. The van der Waals surface area contributed by atoms with E-state index in [9.17, 15) is 9.90 Å². The molecule has 0 aliphatic heterocycles. The quantitative estimate of drug-likeness (QED) is 0.738. The number of hydrogen-bond donors (Lipinski definition) is 0. The Labute approximate surface area is 89.9 Å². The standard InChI is InChI=1S/C13H16O2/c14-13(15)12-8-6-11(7-9-12)10-4-2-1-3-5-10/h6-10H,1-5H2,(H,14,15)/p-1. The molecule has 0 aromatic heterocycles. The van der Waals surface area contributed by atoms with Gasteiger partial charge in [-0.05, 0) is 29.9 Å². The van der Waals surface area contributed by atoms with Crippen LogP contribution < -0.4 is 5.11 Å². The van der Waals surface area contributed by atoms with Crippen molar-refractivity contribution in [3.8, 4) is 0 Å². The second kappa shape index (κ2) is 4.47. The highest BCUT2D eigenvalue weighted by Gasteiger charge is 2.14. The van der Waals surface area contributed by atoms with Gasteiger partial charge in [0.1, 0.15) is 0 Å². The highest BCUT2D eigenvalue weighted by atomic mass is 16.4. The van der Waals surface area contributed by atoms with Crippen LogP contribution in [0, 0.1) is 0 Å². The molecule has 1 aliphatic rings. The summed E-state index contributed by atoms with van der Waals surface area (Å²) in [7, 11) is 0. The van der Waals surface area contributed by atoms with Gasteiger partial charge < -0.3 is 9.90 Å². The molecule has 0 heterocycles. The van der Waals surface area contributed by atoms with Crippen LogP contribution >= 0.6 is 0 Å². The summed E-state index contributed by atoms with van der Waals surface area (Å²) in [5.41, 5.74) is 1.55. The maximum absolute atomic E-state index is 10.6. The molecule has 1 aromatic carbocycles. The zero-order chi connectivity index (χ0) is 10.7. The average molecular weight is 203 g/mol. The Morgan fingerprint density at radius 1 is 1.07 bits per heavy atom. The Balaban J connectivity index is 2.11. The van der Waals surface area contributed by atoms with Crippen molar-refractivity contribution in [2.75, 3.05) is 0 Å². The van der Waals surface area contributed by atoms with E-state index < -0.39 is 5.97 Å². The van der Waals surface area contributed by atoms with E-state index in [0.29, 0.717) is 5.92 Å². The van der Waals surface area contributed by atoms with E-state index in [1.54, 1.807) is 12.1 Å². The summed E-state index contributed by atoms with van der Waals surface area (Å²) in [5.74, 6) is -0.459. The smallest absolute Gasteiger partial charge is 0.0715 e. The topological polar surface area (TPSA) is 40.1 Å². The number of carbonyl (C=O) groups is 1. The van der Waals surface area contributed by atoms with Gasteiger partial charge in [0.25, 0.3) is 0 Å². The third-order valence-electron chi connectivity index (χ3n) is 3.22. The van der Waals surface area contributed by atoms with E-state index in [2.05, 4.69) is 0 Å². The molecular formula is C13H15O2-. The zero-order valence-electron chi connectivity index (χ0n) is 8.74. The molecule has 1 aliphatic carbocycles. The first-order valence-corrected chi connectivity index (χ1v) is 5.58. The second-order valence-electron chi connectivity index (χ2n) is 4.24. The van der Waals surface area contributed by atoms with Crippen molar-refractivity contribution < 1.29 is 9.90 Å². The van der Waals surface area contributed by atoms with Gasteiger partial charge in [0.05, 0.1) is 5.97 Å². The average Bonchev–Trinajstić information content (AvgIpc) is 2.30. The molecule has 2 rings (SSSR count). The Bertz CT molecular complexity index is 334. The van der Waals surface area contributed by atoms with Crippen LogP contribution in [-0.4, -0.2) is 5.97 Å². The fourth-order valence-electron chi connectivity index (χ4n) is 2.33. The Morgan fingerprint density at radius 3 is 2.20 bits per heavy atom. The molecule has 0 N–H and O–H groups in total. The van der Waals surface area contributed by atoms with E-state index in [1.807, 2.05) is 12.1 Å². The van der Waals surface area contributed by atoms with Gasteiger partial charge in [0, 0.05) is 0 Å². The van der Waals surface area contributed by atoms with Crippen molar-refractivity contribution in [2.24, 2.45) is 0 Å². The van der Waals surface area contributed by atoms with Crippen LogP contribution in [0.25, 0.3) is 0 Å². The van der Waals surface area contributed by atoms with Gasteiger partial charge in [-0.2, -0.15) is 0 Å². The highest BCUT2D eigenvalue weighted by molar-refractivity contribution is 5.85. The minimum Gasteiger partial charge on any atom is -0.545 e. The molecule has 1 fully saturated rings. The number of hydrogen-bond acceptors (Lipinski definition) is 2. The van der Waals surface area contributed by atoms with Crippen molar-refractivity contribution >= 4 is 5.97 Å². The molecule has 1 saturated carbocycles. The molecule has 0 atom stereocenters. The lowest BCUT2D eigenvalue weighted by atomic mass is 9.84. The molecule has 0 amide bonds. The molecule has 0 unspecified atom stereocenters. The molecule has 2 nitrogen and oxygen atoms in total. The Kier molecular flexibility index (Phi) is 3.05. The third kappa shape index (κ3) is 2.38. The maximum Gasteiger partial charge on any atom is 0.0715 e. The van der Waals surface area contributed by atoms with Crippen LogP contribution in [0.15, 0.2) is 24.3 Å². The summed E-state index contributed by atoms with van der Waals surface area (Å²) in [4.78, 5) is 10.6. The molecule has 0 radical (unpaired) electrons. The first-order chi connectivity index (χ1) is 7.27. The number of aromatic carboxylic acids is 1. The van der Waals surface area contributed by atoms with Gasteiger partial charge in [-0.15, -0.1) is 0 Å². The van der Waals surface area contributed by atoms with Crippen LogP contribution in [0.2, 0.25) is 0 Å². The van der Waals surface area contributed by atoms with Crippen LogP contribution in [-0.2, 0) is 0 Å². The number of carbonyl (C=O) groups excluding carboxylic acids is 1. The SMILES string of the molecule is O=C([O-])c1ccc(C2CCCCC2)cc1. The van der Waals surface area contributed by atoms with Crippen molar-refractivity contribution in [3.63, 3.8) is 0 Å². The number of rotatable bonds is 2. The summed E-state index contributed by atoms with van der Waals surface area (Å²) >= 11 is 0. The van der Waals surface area contributed by atoms with Crippen molar-refractivity contribution in [1.82, 2.24) is 0 Å². The molecule has 2 heteroatoms. The fraction of sp³-hybridized carbons (Fsp3) is 0.462. The van der Waals surface area contributed by atoms with Gasteiger partial charge in [0.2, 0.25) is 0 Å². The molecule has 80 valence electrons. The molecule has 1 aromatic rings. The van der Waals surface area contributed by atoms with E-state index in [-0.39, 0.29) is 5.56 Å².